The first kappa shape index (κ1) is 15.6. The summed E-state index contributed by atoms with van der Waals surface area (Å²) in [7, 11) is 4.09. The Morgan fingerprint density at radius 1 is 1.33 bits per heavy atom. The summed E-state index contributed by atoms with van der Waals surface area (Å²) in [6.07, 6.45) is 3.99. The maximum atomic E-state index is 4.24. The first-order valence-electron chi connectivity index (χ1n) is 7.47. The van der Waals surface area contributed by atoms with Gasteiger partial charge in [-0.1, -0.05) is 31.5 Å². The highest BCUT2D eigenvalue weighted by Gasteiger charge is 2.09. The number of rotatable bonds is 6. The van der Waals surface area contributed by atoms with Crippen LogP contribution in [0.15, 0.2) is 30.6 Å². The molecule has 4 nitrogen and oxygen atoms in total. The van der Waals surface area contributed by atoms with Crippen molar-refractivity contribution in [2.75, 3.05) is 11.9 Å². The monoisotopic (exact) mass is 286 g/mol. The van der Waals surface area contributed by atoms with Gasteiger partial charge in [0.2, 0.25) is 0 Å². The van der Waals surface area contributed by atoms with Crippen LogP contribution in [0.2, 0.25) is 0 Å². The lowest BCUT2D eigenvalue weighted by molar-refractivity contribution is 0.588. The third-order valence-electron chi connectivity index (χ3n) is 3.53. The SMILES string of the molecule is Cc1ccc(N(C)Cc2cnn(C)c2)c(CNC(C)C)c1. The van der Waals surface area contributed by atoms with E-state index in [9.17, 15) is 0 Å². The summed E-state index contributed by atoms with van der Waals surface area (Å²) in [6, 6.07) is 7.14. The molecule has 0 saturated heterocycles. The molecule has 0 saturated carbocycles. The van der Waals surface area contributed by atoms with Crippen LogP contribution in [0.5, 0.6) is 0 Å². The molecule has 0 fully saturated rings. The molecule has 0 atom stereocenters. The summed E-state index contributed by atoms with van der Waals surface area (Å²) in [6.45, 7) is 8.26. The molecule has 0 amide bonds. The van der Waals surface area contributed by atoms with E-state index < -0.39 is 0 Å². The van der Waals surface area contributed by atoms with Gasteiger partial charge in [-0.3, -0.25) is 4.68 Å². The second kappa shape index (κ2) is 6.76. The van der Waals surface area contributed by atoms with Gasteiger partial charge in [-0.05, 0) is 18.6 Å². The molecule has 1 heterocycles. The van der Waals surface area contributed by atoms with Crippen molar-refractivity contribution in [2.45, 2.75) is 39.9 Å². The molecule has 1 aromatic heterocycles. The number of anilines is 1. The molecule has 1 aromatic carbocycles. The number of nitrogens with one attached hydrogen (secondary N) is 1. The van der Waals surface area contributed by atoms with Gasteiger partial charge in [0.05, 0.1) is 6.20 Å². The average Bonchev–Trinajstić information content (AvgIpc) is 2.81. The molecule has 114 valence electrons. The number of hydrogen-bond acceptors (Lipinski definition) is 3. The standard InChI is InChI=1S/C17H26N4/c1-13(2)18-10-16-8-14(3)6-7-17(16)20(4)11-15-9-19-21(5)12-15/h6-9,12-13,18H,10-11H2,1-5H3. The minimum absolute atomic E-state index is 0.488. The topological polar surface area (TPSA) is 33.1 Å². The zero-order valence-electron chi connectivity index (χ0n) is 13.7. The van der Waals surface area contributed by atoms with Gasteiger partial charge in [-0.25, -0.2) is 0 Å². The van der Waals surface area contributed by atoms with Crippen molar-refractivity contribution < 1.29 is 0 Å². The first-order valence-corrected chi connectivity index (χ1v) is 7.47. The smallest absolute Gasteiger partial charge is 0.0539 e. The Hall–Kier alpha value is -1.81. The van der Waals surface area contributed by atoms with Crippen molar-refractivity contribution in [3.63, 3.8) is 0 Å². The lowest BCUT2D eigenvalue weighted by Gasteiger charge is -2.23. The van der Waals surface area contributed by atoms with E-state index in [1.54, 1.807) is 0 Å². The van der Waals surface area contributed by atoms with Crippen molar-refractivity contribution in [1.29, 1.82) is 0 Å². The zero-order valence-corrected chi connectivity index (χ0v) is 13.7. The highest BCUT2D eigenvalue weighted by molar-refractivity contribution is 5.54. The summed E-state index contributed by atoms with van der Waals surface area (Å²) < 4.78 is 1.85. The van der Waals surface area contributed by atoms with Gasteiger partial charge >= 0.3 is 0 Å². The van der Waals surface area contributed by atoms with Crippen LogP contribution < -0.4 is 10.2 Å². The van der Waals surface area contributed by atoms with Crippen LogP contribution in [-0.4, -0.2) is 22.9 Å². The summed E-state index contributed by atoms with van der Waals surface area (Å²) in [5, 5.41) is 7.75. The van der Waals surface area contributed by atoms with Gasteiger partial charge < -0.3 is 10.2 Å². The van der Waals surface area contributed by atoms with E-state index in [0.29, 0.717) is 6.04 Å². The van der Waals surface area contributed by atoms with E-state index in [4.69, 9.17) is 0 Å². The maximum absolute atomic E-state index is 4.24. The summed E-state index contributed by atoms with van der Waals surface area (Å²) in [5.41, 5.74) is 5.14. The van der Waals surface area contributed by atoms with E-state index in [2.05, 4.69) is 67.5 Å². The summed E-state index contributed by atoms with van der Waals surface area (Å²) >= 11 is 0. The fourth-order valence-electron chi connectivity index (χ4n) is 2.45. The Kier molecular flexibility index (Phi) is 5.02. The van der Waals surface area contributed by atoms with Crippen molar-refractivity contribution in [3.8, 4) is 0 Å². The fourth-order valence-corrected chi connectivity index (χ4v) is 2.45. The Morgan fingerprint density at radius 3 is 2.71 bits per heavy atom. The molecule has 4 heteroatoms. The minimum atomic E-state index is 0.488. The largest absolute Gasteiger partial charge is 0.370 e. The summed E-state index contributed by atoms with van der Waals surface area (Å²) in [4.78, 5) is 2.29. The maximum Gasteiger partial charge on any atom is 0.0539 e. The second-order valence-corrected chi connectivity index (χ2v) is 6.05. The number of hydrogen-bond donors (Lipinski definition) is 1. The van der Waals surface area contributed by atoms with Crippen molar-refractivity contribution >= 4 is 5.69 Å². The van der Waals surface area contributed by atoms with Gasteiger partial charge in [-0.2, -0.15) is 5.10 Å². The van der Waals surface area contributed by atoms with E-state index in [1.807, 2.05) is 17.9 Å². The Bertz CT molecular complexity index is 586. The van der Waals surface area contributed by atoms with Crippen molar-refractivity contribution in [1.82, 2.24) is 15.1 Å². The number of aromatic nitrogens is 2. The van der Waals surface area contributed by atoms with Gasteiger partial charge in [-0.15, -0.1) is 0 Å². The number of aryl methyl sites for hydroxylation is 2. The zero-order chi connectivity index (χ0) is 15.4. The van der Waals surface area contributed by atoms with Crippen LogP contribution in [0.4, 0.5) is 5.69 Å². The third kappa shape index (κ3) is 4.33. The van der Waals surface area contributed by atoms with Crippen molar-refractivity contribution in [3.05, 3.63) is 47.3 Å². The molecule has 0 aliphatic rings. The number of benzene rings is 1. The van der Waals surface area contributed by atoms with E-state index in [-0.39, 0.29) is 0 Å². The normalized spacial score (nSPS) is 11.1. The molecule has 2 rings (SSSR count). The highest BCUT2D eigenvalue weighted by atomic mass is 15.2. The third-order valence-corrected chi connectivity index (χ3v) is 3.53. The molecule has 1 N–H and O–H groups in total. The molecule has 21 heavy (non-hydrogen) atoms. The first-order chi connectivity index (χ1) is 9.95. The second-order valence-electron chi connectivity index (χ2n) is 6.05. The van der Waals surface area contributed by atoms with E-state index in [1.165, 1.54) is 22.4 Å². The van der Waals surface area contributed by atoms with Gasteiger partial charge in [0.15, 0.2) is 0 Å². The quantitative estimate of drug-likeness (QED) is 0.886. The molecule has 2 aromatic rings. The lowest BCUT2D eigenvalue weighted by atomic mass is 10.1. The van der Waals surface area contributed by atoms with E-state index in [0.717, 1.165) is 13.1 Å². The van der Waals surface area contributed by atoms with Crippen LogP contribution in [0.1, 0.15) is 30.5 Å². The summed E-state index contributed by atoms with van der Waals surface area (Å²) in [5.74, 6) is 0. The van der Waals surface area contributed by atoms with Gasteiger partial charge in [0.25, 0.3) is 0 Å². The van der Waals surface area contributed by atoms with Crippen molar-refractivity contribution in [2.24, 2.45) is 7.05 Å². The molecular formula is C17H26N4. The highest BCUT2D eigenvalue weighted by Crippen LogP contribution is 2.22. The van der Waals surface area contributed by atoms with Gasteiger partial charge in [0, 0.05) is 50.7 Å². The predicted octanol–water partition coefficient (Wildman–Crippen LogP) is 2.86. The van der Waals surface area contributed by atoms with Crippen LogP contribution >= 0.6 is 0 Å². The molecule has 0 bridgehead atoms. The average molecular weight is 286 g/mol. The van der Waals surface area contributed by atoms with Crippen LogP contribution in [0.3, 0.4) is 0 Å². The van der Waals surface area contributed by atoms with Crippen LogP contribution in [-0.2, 0) is 20.1 Å². The fraction of sp³-hybridized carbons (Fsp3) is 0.471. The molecule has 0 radical (unpaired) electrons. The van der Waals surface area contributed by atoms with E-state index >= 15 is 0 Å². The van der Waals surface area contributed by atoms with Crippen LogP contribution in [0.25, 0.3) is 0 Å². The Balaban J connectivity index is 2.16. The Morgan fingerprint density at radius 2 is 2.10 bits per heavy atom. The molecule has 0 aliphatic heterocycles. The van der Waals surface area contributed by atoms with Gasteiger partial charge in [0.1, 0.15) is 0 Å². The molecule has 0 unspecified atom stereocenters. The molecule has 0 aliphatic carbocycles. The molecule has 0 spiro atoms. The van der Waals surface area contributed by atoms with Crippen LogP contribution in [0, 0.1) is 6.92 Å². The molecular weight excluding hydrogens is 260 g/mol. The lowest BCUT2D eigenvalue weighted by Crippen LogP contribution is -2.24. The number of nitrogens with zero attached hydrogens (tertiary/aromatic N) is 3. The predicted molar refractivity (Wildman–Crippen MR) is 88.5 cm³/mol. The Labute approximate surface area is 127 Å². The minimum Gasteiger partial charge on any atom is -0.370 e.